The van der Waals surface area contributed by atoms with Crippen LogP contribution in [0.4, 0.5) is 0 Å². The summed E-state index contributed by atoms with van der Waals surface area (Å²) in [5.41, 5.74) is 0. The highest BCUT2D eigenvalue weighted by molar-refractivity contribution is 9.10. The van der Waals surface area contributed by atoms with Gasteiger partial charge in [0, 0.05) is 27.7 Å². The van der Waals surface area contributed by atoms with Crippen molar-refractivity contribution in [1.82, 2.24) is 4.98 Å². The van der Waals surface area contributed by atoms with Crippen LogP contribution in [0.2, 0.25) is 0 Å². The van der Waals surface area contributed by atoms with E-state index in [9.17, 15) is 8.42 Å². The summed E-state index contributed by atoms with van der Waals surface area (Å²) in [5.74, 6) is 0. The van der Waals surface area contributed by atoms with E-state index in [-0.39, 0.29) is 5.03 Å². The second-order valence-electron chi connectivity index (χ2n) is 3.23. The average molecular weight is 286 g/mol. The predicted octanol–water partition coefficient (Wildman–Crippen LogP) is 2.40. The molecule has 1 aromatic heterocycles. The Labute approximate surface area is 96.2 Å². The van der Waals surface area contributed by atoms with Gasteiger partial charge in [0.15, 0.2) is 14.9 Å². The number of aromatic nitrogens is 1. The molecule has 2 aromatic rings. The standard InChI is InChI=1S/C10H8BrNO2S/c1-15(13,14)10-8-5-3-2-4-7(8)9(11)6-12-10/h2-6H,1H3. The SMILES string of the molecule is CS(=O)(=O)c1ncc(Br)c2ccccc12. The van der Waals surface area contributed by atoms with Crippen molar-refractivity contribution in [2.24, 2.45) is 0 Å². The van der Waals surface area contributed by atoms with Gasteiger partial charge in [0.05, 0.1) is 0 Å². The molecule has 0 aliphatic heterocycles. The minimum absolute atomic E-state index is 0.126. The van der Waals surface area contributed by atoms with Crippen molar-refractivity contribution in [2.45, 2.75) is 5.03 Å². The first kappa shape index (κ1) is 10.6. The maximum atomic E-state index is 11.5. The number of halogens is 1. The van der Waals surface area contributed by atoms with Crippen LogP contribution in [0.15, 0.2) is 40.0 Å². The van der Waals surface area contributed by atoms with E-state index in [2.05, 4.69) is 20.9 Å². The lowest BCUT2D eigenvalue weighted by atomic mass is 10.2. The van der Waals surface area contributed by atoms with Gasteiger partial charge < -0.3 is 0 Å². The van der Waals surface area contributed by atoms with Gasteiger partial charge in [-0.05, 0) is 15.9 Å². The molecule has 0 spiro atoms. The van der Waals surface area contributed by atoms with Crippen molar-refractivity contribution in [3.63, 3.8) is 0 Å². The van der Waals surface area contributed by atoms with Crippen LogP contribution in [0.3, 0.4) is 0 Å². The highest BCUT2D eigenvalue weighted by Crippen LogP contribution is 2.27. The third kappa shape index (κ3) is 1.89. The topological polar surface area (TPSA) is 47.0 Å². The lowest BCUT2D eigenvalue weighted by Gasteiger charge is -2.04. The van der Waals surface area contributed by atoms with Crippen molar-refractivity contribution in [1.29, 1.82) is 0 Å². The zero-order valence-corrected chi connectivity index (χ0v) is 10.3. The van der Waals surface area contributed by atoms with Crippen LogP contribution in [-0.4, -0.2) is 19.7 Å². The first-order chi connectivity index (χ1) is 7.00. The quantitative estimate of drug-likeness (QED) is 0.808. The third-order valence-electron chi connectivity index (χ3n) is 2.06. The van der Waals surface area contributed by atoms with Crippen LogP contribution >= 0.6 is 15.9 Å². The molecule has 3 nitrogen and oxygen atoms in total. The summed E-state index contributed by atoms with van der Waals surface area (Å²) in [7, 11) is -3.28. The molecule has 0 saturated carbocycles. The van der Waals surface area contributed by atoms with Crippen LogP contribution in [-0.2, 0) is 9.84 Å². The molecule has 0 atom stereocenters. The Bertz CT molecular complexity index is 622. The summed E-state index contributed by atoms with van der Waals surface area (Å²) in [5, 5.41) is 1.63. The van der Waals surface area contributed by atoms with Crippen LogP contribution in [0.1, 0.15) is 0 Å². The second-order valence-corrected chi connectivity index (χ2v) is 6.01. The van der Waals surface area contributed by atoms with Gasteiger partial charge in [-0.15, -0.1) is 0 Å². The largest absolute Gasteiger partial charge is 0.243 e. The normalized spacial score (nSPS) is 11.9. The molecule has 0 amide bonds. The number of fused-ring (bicyclic) bond motifs is 1. The smallest absolute Gasteiger partial charge is 0.193 e. The number of hydrogen-bond donors (Lipinski definition) is 0. The molecule has 1 aromatic carbocycles. The molecule has 0 radical (unpaired) electrons. The fourth-order valence-electron chi connectivity index (χ4n) is 1.43. The fourth-order valence-corrected chi connectivity index (χ4v) is 2.70. The van der Waals surface area contributed by atoms with Crippen LogP contribution in [0.25, 0.3) is 10.8 Å². The number of benzene rings is 1. The first-order valence-electron chi connectivity index (χ1n) is 4.23. The summed E-state index contributed by atoms with van der Waals surface area (Å²) in [6.45, 7) is 0. The number of nitrogens with zero attached hydrogens (tertiary/aromatic N) is 1. The van der Waals surface area contributed by atoms with Crippen LogP contribution < -0.4 is 0 Å². The molecule has 0 aliphatic rings. The Morgan fingerprint density at radius 3 is 2.40 bits per heavy atom. The first-order valence-corrected chi connectivity index (χ1v) is 6.92. The molecule has 0 N–H and O–H groups in total. The highest BCUT2D eigenvalue weighted by Gasteiger charge is 2.14. The molecule has 0 aliphatic carbocycles. The third-order valence-corrected chi connectivity index (χ3v) is 3.72. The molecular formula is C10H8BrNO2S. The molecule has 1 heterocycles. The van der Waals surface area contributed by atoms with Crippen molar-refractivity contribution >= 4 is 36.5 Å². The molecule has 0 unspecified atom stereocenters. The van der Waals surface area contributed by atoms with Gasteiger partial charge in [-0.1, -0.05) is 24.3 Å². The molecule has 2 rings (SSSR count). The van der Waals surface area contributed by atoms with Crippen molar-refractivity contribution in [3.8, 4) is 0 Å². The molecule has 0 saturated heterocycles. The Morgan fingerprint density at radius 1 is 1.20 bits per heavy atom. The van der Waals surface area contributed by atoms with Crippen LogP contribution in [0, 0.1) is 0 Å². The van der Waals surface area contributed by atoms with E-state index < -0.39 is 9.84 Å². The van der Waals surface area contributed by atoms with Crippen LogP contribution in [0.5, 0.6) is 0 Å². The molecule has 78 valence electrons. The van der Waals surface area contributed by atoms with Gasteiger partial charge in [0.2, 0.25) is 0 Å². The van der Waals surface area contributed by atoms with E-state index in [1.807, 2.05) is 12.1 Å². The van der Waals surface area contributed by atoms with Gasteiger partial charge in [0.25, 0.3) is 0 Å². The Kier molecular flexibility index (Phi) is 2.52. The summed E-state index contributed by atoms with van der Waals surface area (Å²) in [6, 6.07) is 7.27. The van der Waals surface area contributed by atoms with Gasteiger partial charge >= 0.3 is 0 Å². The maximum Gasteiger partial charge on any atom is 0.193 e. The van der Waals surface area contributed by atoms with Gasteiger partial charge in [-0.25, -0.2) is 13.4 Å². The molecule has 0 bridgehead atoms. The van der Waals surface area contributed by atoms with E-state index in [0.717, 1.165) is 16.1 Å². The zero-order chi connectivity index (χ0) is 11.1. The van der Waals surface area contributed by atoms with Gasteiger partial charge in [-0.2, -0.15) is 0 Å². The lowest BCUT2D eigenvalue weighted by Crippen LogP contribution is -2.01. The minimum Gasteiger partial charge on any atom is -0.243 e. The Morgan fingerprint density at radius 2 is 1.80 bits per heavy atom. The highest BCUT2D eigenvalue weighted by atomic mass is 79.9. The van der Waals surface area contributed by atoms with Gasteiger partial charge in [0.1, 0.15) is 0 Å². The van der Waals surface area contributed by atoms with E-state index in [1.165, 1.54) is 6.20 Å². The minimum atomic E-state index is -3.28. The lowest BCUT2D eigenvalue weighted by molar-refractivity contribution is 0.599. The van der Waals surface area contributed by atoms with Crippen molar-refractivity contribution < 1.29 is 8.42 Å². The number of hydrogen-bond acceptors (Lipinski definition) is 3. The Balaban J connectivity index is 2.96. The fraction of sp³-hybridized carbons (Fsp3) is 0.100. The number of pyridine rings is 1. The predicted molar refractivity (Wildman–Crippen MR) is 62.6 cm³/mol. The van der Waals surface area contributed by atoms with Crippen molar-refractivity contribution in [2.75, 3.05) is 6.26 Å². The summed E-state index contributed by atoms with van der Waals surface area (Å²) < 4.78 is 23.8. The van der Waals surface area contributed by atoms with Gasteiger partial charge in [-0.3, -0.25) is 0 Å². The number of sulfone groups is 1. The van der Waals surface area contributed by atoms with E-state index in [0.29, 0.717) is 5.39 Å². The zero-order valence-electron chi connectivity index (χ0n) is 7.94. The molecule has 0 fully saturated rings. The second kappa shape index (κ2) is 3.57. The summed E-state index contributed by atoms with van der Waals surface area (Å²) >= 11 is 3.34. The number of rotatable bonds is 1. The monoisotopic (exact) mass is 285 g/mol. The maximum absolute atomic E-state index is 11.5. The molecular weight excluding hydrogens is 278 g/mol. The van der Waals surface area contributed by atoms with E-state index in [4.69, 9.17) is 0 Å². The molecule has 15 heavy (non-hydrogen) atoms. The summed E-state index contributed by atoms with van der Waals surface area (Å²) in [6.07, 6.45) is 2.67. The average Bonchev–Trinajstić information content (AvgIpc) is 2.17. The van der Waals surface area contributed by atoms with E-state index >= 15 is 0 Å². The van der Waals surface area contributed by atoms with Crippen molar-refractivity contribution in [3.05, 3.63) is 34.9 Å². The van der Waals surface area contributed by atoms with E-state index in [1.54, 1.807) is 12.1 Å². The summed E-state index contributed by atoms with van der Waals surface area (Å²) in [4.78, 5) is 3.94. The Hall–Kier alpha value is -0.940. The molecule has 5 heteroatoms.